The molecule has 2 amide bonds. The van der Waals surface area contributed by atoms with Crippen molar-refractivity contribution >= 4 is 21.8 Å². The molecule has 25 heavy (non-hydrogen) atoms. The maximum atomic E-state index is 12.9. The highest BCUT2D eigenvalue weighted by Gasteiger charge is 2.39. The predicted molar refractivity (Wildman–Crippen MR) is 92.1 cm³/mol. The van der Waals surface area contributed by atoms with Crippen molar-refractivity contribution in [3.63, 3.8) is 0 Å². The van der Waals surface area contributed by atoms with Crippen molar-refractivity contribution in [2.45, 2.75) is 49.1 Å². The molecule has 8 heteroatoms. The first-order chi connectivity index (χ1) is 12.0. The molecule has 7 nitrogen and oxygen atoms in total. The van der Waals surface area contributed by atoms with Gasteiger partial charge in [0.1, 0.15) is 6.04 Å². The SMILES string of the molecule is O=C(CC1C(=O)NCCN1S(=O)(=O)c1ccccc1)NC1CCCC1. The maximum absolute atomic E-state index is 12.9. The minimum atomic E-state index is -3.82. The highest BCUT2D eigenvalue weighted by Crippen LogP contribution is 2.22. The molecule has 2 fully saturated rings. The van der Waals surface area contributed by atoms with Crippen LogP contribution in [0, 0.1) is 0 Å². The normalized spacial score (nSPS) is 22.6. The molecule has 1 aromatic carbocycles. The lowest BCUT2D eigenvalue weighted by molar-refractivity contribution is -0.131. The standard InChI is InChI=1S/C17H23N3O4S/c21-16(19-13-6-4-5-7-13)12-15-17(22)18-10-11-20(15)25(23,24)14-8-2-1-3-9-14/h1-3,8-9,13,15H,4-7,10-12H2,(H,18,22)(H,19,21). The zero-order valence-electron chi connectivity index (χ0n) is 14.0. The molecule has 1 unspecified atom stereocenters. The Hall–Kier alpha value is -1.93. The Kier molecular flexibility index (Phi) is 5.39. The van der Waals surface area contributed by atoms with Gasteiger partial charge >= 0.3 is 0 Å². The van der Waals surface area contributed by atoms with E-state index in [0.29, 0.717) is 0 Å². The molecule has 0 bridgehead atoms. The molecule has 0 spiro atoms. The summed E-state index contributed by atoms with van der Waals surface area (Å²) in [6.45, 7) is 0.399. The molecule has 0 radical (unpaired) electrons. The van der Waals surface area contributed by atoms with Crippen LogP contribution in [0.15, 0.2) is 35.2 Å². The largest absolute Gasteiger partial charge is 0.353 e. The number of amides is 2. The number of carbonyl (C=O) groups excluding carboxylic acids is 2. The van der Waals surface area contributed by atoms with Crippen molar-refractivity contribution < 1.29 is 18.0 Å². The Labute approximate surface area is 147 Å². The topological polar surface area (TPSA) is 95.6 Å². The molecule has 1 aliphatic carbocycles. The molecule has 1 saturated heterocycles. The number of benzene rings is 1. The van der Waals surface area contributed by atoms with E-state index in [2.05, 4.69) is 10.6 Å². The molecule has 1 heterocycles. The van der Waals surface area contributed by atoms with Gasteiger partial charge in [0, 0.05) is 19.1 Å². The van der Waals surface area contributed by atoms with Gasteiger partial charge in [-0.3, -0.25) is 9.59 Å². The number of nitrogens with zero attached hydrogens (tertiary/aromatic N) is 1. The van der Waals surface area contributed by atoms with Gasteiger partial charge in [-0.2, -0.15) is 4.31 Å². The van der Waals surface area contributed by atoms with Crippen LogP contribution in [-0.2, 0) is 19.6 Å². The first-order valence-corrected chi connectivity index (χ1v) is 10.1. The van der Waals surface area contributed by atoms with E-state index in [4.69, 9.17) is 0 Å². The van der Waals surface area contributed by atoms with Gasteiger partial charge in [-0.05, 0) is 25.0 Å². The summed E-state index contributed by atoms with van der Waals surface area (Å²) in [5.74, 6) is -0.700. The highest BCUT2D eigenvalue weighted by atomic mass is 32.2. The second kappa shape index (κ2) is 7.53. The van der Waals surface area contributed by atoms with Crippen LogP contribution in [0.4, 0.5) is 0 Å². The Morgan fingerprint density at radius 3 is 2.56 bits per heavy atom. The molecule has 2 aliphatic rings. The fourth-order valence-electron chi connectivity index (χ4n) is 3.44. The van der Waals surface area contributed by atoms with Crippen LogP contribution < -0.4 is 10.6 Å². The summed E-state index contributed by atoms with van der Waals surface area (Å²) >= 11 is 0. The van der Waals surface area contributed by atoms with E-state index in [1.807, 2.05) is 0 Å². The molecule has 1 aromatic rings. The summed E-state index contributed by atoms with van der Waals surface area (Å²) in [6, 6.07) is 7.12. The third-order valence-electron chi connectivity index (χ3n) is 4.73. The number of piperazine rings is 1. The highest BCUT2D eigenvalue weighted by molar-refractivity contribution is 7.89. The predicted octanol–water partition coefficient (Wildman–Crippen LogP) is 0.625. The van der Waals surface area contributed by atoms with Crippen LogP contribution >= 0.6 is 0 Å². The second-order valence-corrected chi connectivity index (χ2v) is 8.38. The Morgan fingerprint density at radius 1 is 1.20 bits per heavy atom. The van der Waals surface area contributed by atoms with E-state index in [-0.39, 0.29) is 36.4 Å². The lowest BCUT2D eigenvalue weighted by Crippen LogP contribution is -2.58. The molecule has 1 saturated carbocycles. The fourth-order valence-corrected chi connectivity index (χ4v) is 5.04. The van der Waals surface area contributed by atoms with Gasteiger partial charge in [-0.1, -0.05) is 31.0 Å². The zero-order chi connectivity index (χ0) is 17.9. The fraction of sp³-hybridized carbons (Fsp3) is 0.529. The lowest BCUT2D eigenvalue weighted by atomic mass is 10.1. The van der Waals surface area contributed by atoms with E-state index >= 15 is 0 Å². The minimum Gasteiger partial charge on any atom is -0.353 e. The molecule has 0 aromatic heterocycles. The summed E-state index contributed by atoms with van der Waals surface area (Å²) < 4.78 is 26.9. The van der Waals surface area contributed by atoms with Gasteiger partial charge in [0.15, 0.2) is 0 Å². The van der Waals surface area contributed by atoms with E-state index in [0.717, 1.165) is 30.0 Å². The molecule has 1 aliphatic heterocycles. The summed E-state index contributed by atoms with van der Waals surface area (Å²) in [6.07, 6.45) is 3.89. The number of rotatable bonds is 5. The maximum Gasteiger partial charge on any atom is 0.243 e. The molecular weight excluding hydrogens is 342 g/mol. The van der Waals surface area contributed by atoms with Crippen molar-refractivity contribution in [1.82, 2.24) is 14.9 Å². The van der Waals surface area contributed by atoms with Gasteiger partial charge in [0.05, 0.1) is 11.3 Å². The molecule has 2 N–H and O–H groups in total. The van der Waals surface area contributed by atoms with Crippen LogP contribution in [0.3, 0.4) is 0 Å². The van der Waals surface area contributed by atoms with Crippen LogP contribution in [0.1, 0.15) is 32.1 Å². The lowest BCUT2D eigenvalue weighted by Gasteiger charge is -2.33. The van der Waals surface area contributed by atoms with E-state index in [9.17, 15) is 18.0 Å². The summed E-state index contributed by atoms with van der Waals surface area (Å²) in [5.41, 5.74) is 0. The molecule has 136 valence electrons. The molecular formula is C17H23N3O4S. The summed E-state index contributed by atoms with van der Waals surface area (Å²) in [5, 5.41) is 5.58. The smallest absolute Gasteiger partial charge is 0.243 e. The van der Waals surface area contributed by atoms with Crippen molar-refractivity contribution in [3.05, 3.63) is 30.3 Å². The third kappa shape index (κ3) is 4.01. The van der Waals surface area contributed by atoms with Crippen LogP contribution in [0.2, 0.25) is 0 Å². The Bertz CT molecular complexity index is 730. The van der Waals surface area contributed by atoms with Gasteiger partial charge in [0.2, 0.25) is 21.8 Å². The Morgan fingerprint density at radius 2 is 1.88 bits per heavy atom. The number of sulfonamides is 1. The summed E-state index contributed by atoms with van der Waals surface area (Å²) in [7, 11) is -3.82. The van der Waals surface area contributed by atoms with Crippen molar-refractivity contribution in [3.8, 4) is 0 Å². The monoisotopic (exact) mass is 365 g/mol. The number of nitrogens with one attached hydrogen (secondary N) is 2. The van der Waals surface area contributed by atoms with Crippen molar-refractivity contribution in [1.29, 1.82) is 0 Å². The first kappa shape index (κ1) is 17.9. The van der Waals surface area contributed by atoms with E-state index < -0.39 is 22.0 Å². The van der Waals surface area contributed by atoms with E-state index in [1.54, 1.807) is 18.2 Å². The second-order valence-electron chi connectivity index (χ2n) is 6.49. The minimum absolute atomic E-state index is 0.130. The molecule has 1 atom stereocenters. The van der Waals surface area contributed by atoms with Gasteiger partial charge in [-0.25, -0.2) is 8.42 Å². The van der Waals surface area contributed by atoms with Gasteiger partial charge in [-0.15, -0.1) is 0 Å². The number of carbonyl (C=O) groups is 2. The van der Waals surface area contributed by atoms with Crippen molar-refractivity contribution in [2.24, 2.45) is 0 Å². The Balaban J connectivity index is 1.77. The van der Waals surface area contributed by atoms with E-state index in [1.165, 1.54) is 12.1 Å². The number of hydrogen-bond donors (Lipinski definition) is 2. The average Bonchev–Trinajstić information content (AvgIpc) is 3.10. The van der Waals surface area contributed by atoms with Crippen LogP contribution in [-0.4, -0.2) is 49.7 Å². The zero-order valence-corrected chi connectivity index (χ0v) is 14.8. The summed E-state index contributed by atoms with van der Waals surface area (Å²) in [4.78, 5) is 24.7. The van der Waals surface area contributed by atoms with Crippen LogP contribution in [0.5, 0.6) is 0 Å². The van der Waals surface area contributed by atoms with Crippen LogP contribution in [0.25, 0.3) is 0 Å². The number of hydrogen-bond acceptors (Lipinski definition) is 4. The average molecular weight is 365 g/mol. The third-order valence-corrected chi connectivity index (χ3v) is 6.65. The quantitative estimate of drug-likeness (QED) is 0.800. The molecule has 3 rings (SSSR count). The van der Waals surface area contributed by atoms with Gasteiger partial charge < -0.3 is 10.6 Å². The first-order valence-electron chi connectivity index (χ1n) is 8.62. The van der Waals surface area contributed by atoms with Crippen molar-refractivity contribution in [2.75, 3.05) is 13.1 Å². The van der Waals surface area contributed by atoms with Gasteiger partial charge in [0.25, 0.3) is 0 Å².